The first-order valence-corrected chi connectivity index (χ1v) is 14.8. The molecule has 4 heterocycles. The van der Waals surface area contributed by atoms with Crippen molar-refractivity contribution in [3.8, 4) is 11.4 Å². The number of alkyl halides is 3. The van der Waals surface area contributed by atoms with Crippen LogP contribution in [-0.2, 0) is 23.9 Å². The van der Waals surface area contributed by atoms with Gasteiger partial charge in [0, 0.05) is 48.9 Å². The first kappa shape index (κ1) is 26.6. The maximum atomic E-state index is 14.1. The van der Waals surface area contributed by atoms with E-state index in [1.54, 1.807) is 0 Å². The maximum Gasteiger partial charge on any atom is 0.417 e. The van der Waals surface area contributed by atoms with E-state index in [9.17, 15) is 18.0 Å². The lowest BCUT2D eigenvalue weighted by Crippen LogP contribution is -2.47. The van der Waals surface area contributed by atoms with Gasteiger partial charge in [0.2, 0.25) is 17.6 Å². The molecule has 1 amide bonds. The van der Waals surface area contributed by atoms with E-state index in [4.69, 9.17) is 4.52 Å². The van der Waals surface area contributed by atoms with E-state index in [0.29, 0.717) is 47.9 Å². The molecule has 3 fully saturated rings. The molecule has 41 heavy (non-hydrogen) atoms. The molecule has 2 aromatic heterocycles. The number of hydrogen-bond donors (Lipinski definition) is 0. The molecule has 10 heteroatoms. The van der Waals surface area contributed by atoms with Crippen molar-refractivity contribution in [3.63, 3.8) is 0 Å². The van der Waals surface area contributed by atoms with Gasteiger partial charge in [0.25, 0.3) is 0 Å². The van der Waals surface area contributed by atoms with Gasteiger partial charge in [0.05, 0.1) is 11.0 Å². The second-order valence-electron chi connectivity index (χ2n) is 12.3. The topological polar surface area (TPSA) is 75.4 Å². The fraction of sp³-hybridized carbons (Fsp3) is 0.548. The van der Waals surface area contributed by atoms with Gasteiger partial charge in [-0.2, -0.15) is 18.2 Å². The summed E-state index contributed by atoms with van der Waals surface area (Å²) in [6.45, 7) is 2.59. The molecule has 3 atom stereocenters. The summed E-state index contributed by atoms with van der Waals surface area (Å²) in [4.78, 5) is 27.2. The molecule has 1 aromatic carbocycles. The number of piperidine rings is 1. The van der Waals surface area contributed by atoms with E-state index >= 15 is 0 Å². The highest BCUT2D eigenvalue weighted by Gasteiger charge is 2.57. The van der Waals surface area contributed by atoms with Crippen LogP contribution in [0.4, 0.5) is 13.2 Å². The Labute approximate surface area is 237 Å². The number of aromatic nitrogens is 3. The second-order valence-corrected chi connectivity index (χ2v) is 12.3. The number of amides is 1. The van der Waals surface area contributed by atoms with Crippen LogP contribution in [0.3, 0.4) is 0 Å². The first-order valence-electron chi connectivity index (χ1n) is 14.8. The molecule has 0 radical (unpaired) electrons. The van der Waals surface area contributed by atoms with E-state index in [1.807, 2.05) is 35.2 Å². The zero-order chi connectivity index (χ0) is 28.2. The van der Waals surface area contributed by atoms with E-state index in [0.717, 1.165) is 69.8 Å². The number of nitrogens with zero attached hydrogens (tertiary/aromatic N) is 5. The number of benzene rings is 1. The SMILES string of the molecule is O=C(N1CCc2ncc(C(F)(F)F)cc2C1)[C@@]12CCC[C@@H]1C[C@@H](N1CCC(c3nc(-c4ccccc4)no3)CC1)C2. The summed E-state index contributed by atoms with van der Waals surface area (Å²) in [6, 6.07) is 11.4. The van der Waals surface area contributed by atoms with Gasteiger partial charge in [0.15, 0.2) is 0 Å². The lowest BCUT2D eigenvalue weighted by atomic mass is 9.78. The molecule has 4 aliphatic rings. The van der Waals surface area contributed by atoms with Crippen LogP contribution in [0.5, 0.6) is 0 Å². The highest BCUT2D eigenvalue weighted by Crippen LogP contribution is 2.57. The number of hydrogen-bond acceptors (Lipinski definition) is 6. The summed E-state index contributed by atoms with van der Waals surface area (Å²) in [5.41, 5.74) is 1.00. The highest BCUT2D eigenvalue weighted by molar-refractivity contribution is 5.84. The Morgan fingerprint density at radius 2 is 1.88 bits per heavy atom. The number of carbonyl (C=O) groups is 1. The summed E-state index contributed by atoms with van der Waals surface area (Å²) < 4.78 is 45.6. The lowest BCUT2D eigenvalue weighted by molar-refractivity contribution is -0.144. The van der Waals surface area contributed by atoms with Crippen LogP contribution < -0.4 is 0 Å². The summed E-state index contributed by atoms with van der Waals surface area (Å²) in [5.74, 6) is 2.03. The molecular formula is C31H34F3N5O2. The summed E-state index contributed by atoms with van der Waals surface area (Å²) in [7, 11) is 0. The van der Waals surface area contributed by atoms with Crippen LogP contribution >= 0.6 is 0 Å². The largest absolute Gasteiger partial charge is 0.417 e. The minimum atomic E-state index is -4.44. The van der Waals surface area contributed by atoms with Crippen LogP contribution in [0, 0.1) is 11.3 Å². The Balaban J connectivity index is 1.01. The standard InChI is InChI=1S/C31H34F3N5O2/c32-31(33,34)24-15-22-19-39(14-10-26(22)35-18-24)29(40)30-11-4-7-23(30)16-25(17-30)38-12-8-21(9-13-38)28-36-27(37-41-28)20-5-2-1-3-6-20/h1-3,5-6,15,18,21,23,25H,4,7-14,16-17,19H2/t23-,25-,30-/m1/s1. The van der Waals surface area contributed by atoms with Gasteiger partial charge in [-0.3, -0.25) is 9.78 Å². The highest BCUT2D eigenvalue weighted by atomic mass is 19.4. The molecule has 7 rings (SSSR count). The van der Waals surface area contributed by atoms with Gasteiger partial charge in [-0.15, -0.1) is 0 Å². The predicted molar refractivity (Wildman–Crippen MR) is 144 cm³/mol. The molecule has 216 valence electrons. The molecule has 0 spiro atoms. The van der Waals surface area contributed by atoms with Gasteiger partial charge in [-0.05, 0) is 69.2 Å². The van der Waals surface area contributed by atoms with Crippen molar-refractivity contribution in [1.29, 1.82) is 0 Å². The zero-order valence-electron chi connectivity index (χ0n) is 22.9. The number of halogens is 3. The smallest absolute Gasteiger partial charge is 0.339 e. The Kier molecular flexibility index (Phi) is 6.64. The monoisotopic (exact) mass is 565 g/mol. The van der Waals surface area contributed by atoms with Gasteiger partial charge in [-0.1, -0.05) is 41.9 Å². The molecule has 0 unspecified atom stereocenters. The normalized spacial score (nSPS) is 27.1. The Hall–Kier alpha value is -3.27. The Bertz CT molecular complexity index is 1420. The van der Waals surface area contributed by atoms with Crippen molar-refractivity contribution in [2.24, 2.45) is 11.3 Å². The summed E-state index contributed by atoms with van der Waals surface area (Å²) in [6.07, 6.45) is 3.66. The molecule has 1 saturated heterocycles. The molecular weight excluding hydrogens is 531 g/mol. The molecule has 0 N–H and O–H groups in total. The van der Waals surface area contributed by atoms with Crippen molar-refractivity contribution in [1.82, 2.24) is 24.9 Å². The predicted octanol–water partition coefficient (Wildman–Crippen LogP) is 5.86. The van der Waals surface area contributed by atoms with Gasteiger partial charge >= 0.3 is 6.18 Å². The maximum absolute atomic E-state index is 14.1. The quantitative estimate of drug-likeness (QED) is 0.394. The van der Waals surface area contributed by atoms with Crippen LogP contribution in [0.15, 0.2) is 47.1 Å². The molecule has 2 aliphatic heterocycles. The van der Waals surface area contributed by atoms with Crippen LogP contribution in [0.25, 0.3) is 11.4 Å². The van der Waals surface area contributed by atoms with Gasteiger partial charge < -0.3 is 14.3 Å². The van der Waals surface area contributed by atoms with Crippen molar-refractivity contribution in [3.05, 3.63) is 65.3 Å². The van der Waals surface area contributed by atoms with E-state index < -0.39 is 17.2 Å². The van der Waals surface area contributed by atoms with Crippen molar-refractivity contribution in [2.75, 3.05) is 19.6 Å². The number of carbonyl (C=O) groups excluding carboxylic acids is 1. The minimum Gasteiger partial charge on any atom is -0.339 e. The third-order valence-corrected chi connectivity index (χ3v) is 10.1. The van der Waals surface area contributed by atoms with E-state index in [1.165, 1.54) is 6.07 Å². The van der Waals surface area contributed by atoms with Crippen LogP contribution in [0.2, 0.25) is 0 Å². The van der Waals surface area contributed by atoms with Crippen molar-refractivity contribution in [2.45, 2.75) is 76.0 Å². The van der Waals surface area contributed by atoms with E-state index in [2.05, 4.69) is 20.0 Å². The van der Waals surface area contributed by atoms with Gasteiger partial charge in [0.1, 0.15) is 0 Å². The average Bonchev–Trinajstić information content (AvgIpc) is 3.72. The fourth-order valence-electron chi connectivity index (χ4n) is 7.92. The fourth-order valence-corrected chi connectivity index (χ4v) is 7.92. The van der Waals surface area contributed by atoms with Gasteiger partial charge in [-0.25, -0.2) is 0 Å². The zero-order valence-corrected chi connectivity index (χ0v) is 22.9. The third-order valence-electron chi connectivity index (χ3n) is 10.1. The minimum absolute atomic E-state index is 0.139. The number of fused-ring (bicyclic) bond motifs is 2. The second kappa shape index (κ2) is 10.2. The lowest BCUT2D eigenvalue weighted by Gasteiger charge is -2.38. The average molecular weight is 566 g/mol. The number of likely N-dealkylation sites (tertiary alicyclic amines) is 1. The van der Waals surface area contributed by atoms with Crippen molar-refractivity contribution < 1.29 is 22.5 Å². The summed E-state index contributed by atoms with van der Waals surface area (Å²) >= 11 is 0. The van der Waals surface area contributed by atoms with Crippen LogP contribution in [-0.4, -0.2) is 56.5 Å². The molecule has 0 bridgehead atoms. The third kappa shape index (κ3) is 4.83. The van der Waals surface area contributed by atoms with Crippen molar-refractivity contribution >= 4 is 5.91 Å². The molecule has 2 aliphatic carbocycles. The summed E-state index contributed by atoms with van der Waals surface area (Å²) in [5, 5.41) is 4.20. The first-order chi connectivity index (χ1) is 19.8. The molecule has 7 nitrogen and oxygen atoms in total. The Morgan fingerprint density at radius 3 is 2.66 bits per heavy atom. The Morgan fingerprint density at radius 1 is 1.07 bits per heavy atom. The number of pyridine rings is 1. The molecule has 3 aromatic rings. The van der Waals surface area contributed by atoms with E-state index in [-0.39, 0.29) is 18.4 Å². The number of rotatable bonds is 4. The molecule has 2 saturated carbocycles. The van der Waals surface area contributed by atoms with Crippen LogP contribution in [0.1, 0.15) is 73.6 Å².